The first kappa shape index (κ1) is 15.9. The van der Waals surface area contributed by atoms with Gasteiger partial charge in [-0.1, -0.05) is 12.1 Å². The fourth-order valence-corrected chi connectivity index (χ4v) is 1.60. The lowest BCUT2D eigenvalue weighted by atomic mass is 10.1. The summed E-state index contributed by atoms with van der Waals surface area (Å²) in [5.74, 6) is -0.0191. The number of ether oxygens (including phenoxy) is 1. The van der Waals surface area contributed by atoms with Crippen LogP contribution in [-0.2, 0) is 6.54 Å². The van der Waals surface area contributed by atoms with Gasteiger partial charge in [-0.05, 0) is 39.7 Å². The van der Waals surface area contributed by atoms with Crippen molar-refractivity contribution < 1.29 is 14.2 Å². The molecule has 0 aromatic heterocycles. The molecular formula is C15H24FNO2. The monoisotopic (exact) mass is 269 g/mol. The number of aliphatic hydroxyl groups excluding tert-OH is 1. The van der Waals surface area contributed by atoms with Crippen molar-refractivity contribution in [2.75, 3.05) is 13.2 Å². The molecule has 0 fully saturated rings. The van der Waals surface area contributed by atoms with Gasteiger partial charge in [-0.3, -0.25) is 0 Å². The molecule has 1 aromatic rings. The maximum atomic E-state index is 13.8. The minimum atomic E-state index is -0.336. The molecule has 0 saturated heterocycles. The van der Waals surface area contributed by atoms with Crippen molar-refractivity contribution in [1.82, 2.24) is 5.32 Å². The molecular weight excluding hydrogens is 245 g/mol. The van der Waals surface area contributed by atoms with Gasteiger partial charge in [0.05, 0.1) is 6.61 Å². The summed E-state index contributed by atoms with van der Waals surface area (Å²) in [4.78, 5) is 0. The van der Waals surface area contributed by atoms with Crippen LogP contribution in [0, 0.1) is 5.82 Å². The third-order valence-electron chi connectivity index (χ3n) is 2.66. The second kappa shape index (κ2) is 7.46. The summed E-state index contributed by atoms with van der Waals surface area (Å²) in [5.41, 5.74) is 0.791. The summed E-state index contributed by atoms with van der Waals surface area (Å²) in [6.45, 7) is 7.32. The highest BCUT2D eigenvalue weighted by Crippen LogP contribution is 2.23. The summed E-state index contributed by atoms with van der Waals surface area (Å²) in [6, 6.07) is 4.96. The van der Waals surface area contributed by atoms with Gasteiger partial charge in [-0.2, -0.15) is 0 Å². The van der Waals surface area contributed by atoms with Crippen LogP contribution in [0.15, 0.2) is 18.2 Å². The minimum Gasteiger partial charge on any atom is -0.490 e. The number of hydrogen-bond acceptors (Lipinski definition) is 3. The Morgan fingerprint density at radius 2 is 2.00 bits per heavy atom. The van der Waals surface area contributed by atoms with E-state index in [9.17, 15) is 4.39 Å². The quantitative estimate of drug-likeness (QED) is 0.748. The molecule has 108 valence electrons. The number of aliphatic hydroxyl groups is 1. The van der Waals surface area contributed by atoms with Crippen molar-refractivity contribution in [3.63, 3.8) is 0 Å². The van der Waals surface area contributed by atoms with Gasteiger partial charge in [-0.15, -0.1) is 0 Å². The van der Waals surface area contributed by atoms with E-state index in [1.165, 1.54) is 6.07 Å². The normalized spacial score (nSPS) is 11.6. The molecule has 1 aromatic carbocycles. The van der Waals surface area contributed by atoms with Crippen LogP contribution < -0.4 is 10.1 Å². The highest BCUT2D eigenvalue weighted by molar-refractivity contribution is 5.35. The Morgan fingerprint density at radius 3 is 2.63 bits per heavy atom. The summed E-state index contributed by atoms with van der Waals surface area (Å²) in [7, 11) is 0. The predicted molar refractivity (Wildman–Crippen MR) is 74.8 cm³/mol. The van der Waals surface area contributed by atoms with Crippen LogP contribution in [0.4, 0.5) is 4.39 Å². The lowest BCUT2D eigenvalue weighted by molar-refractivity contribution is 0.246. The van der Waals surface area contributed by atoms with Crippen molar-refractivity contribution in [2.45, 2.75) is 45.7 Å². The van der Waals surface area contributed by atoms with E-state index >= 15 is 0 Å². The van der Waals surface area contributed by atoms with E-state index < -0.39 is 0 Å². The van der Waals surface area contributed by atoms with E-state index in [2.05, 4.69) is 26.1 Å². The molecule has 0 atom stereocenters. The molecule has 2 N–H and O–H groups in total. The van der Waals surface area contributed by atoms with Gasteiger partial charge in [-0.25, -0.2) is 4.39 Å². The van der Waals surface area contributed by atoms with E-state index in [1.807, 2.05) is 6.07 Å². The number of benzene rings is 1. The van der Waals surface area contributed by atoms with Crippen LogP contribution >= 0.6 is 0 Å². The Kier molecular flexibility index (Phi) is 6.25. The first-order valence-corrected chi connectivity index (χ1v) is 6.70. The Hall–Kier alpha value is -1.13. The Labute approximate surface area is 114 Å². The fraction of sp³-hybridized carbons (Fsp3) is 0.600. The van der Waals surface area contributed by atoms with Crippen molar-refractivity contribution in [1.29, 1.82) is 0 Å². The highest BCUT2D eigenvalue weighted by atomic mass is 19.1. The predicted octanol–water partition coefficient (Wildman–Crippen LogP) is 2.87. The molecule has 4 heteroatoms. The number of hydrogen-bond donors (Lipinski definition) is 2. The number of rotatable bonds is 7. The largest absolute Gasteiger partial charge is 0.490 e. The Morgan fingerprint density at radius 1 is 1.26 bits per heavy atom. The molecule has 0 aliphatic heterocycles. The summed E-state index contributed by atoms with van der Waals surface area (Å²) in [6.07, 6.45) is 1.39. The van der Waals surface area contributed by atoms with E-state index in [0.717, 1.165) is 12.0 Å². The smallest absolute Gasteiger partial charge is 0.165 e. The standard InChI is InChI=1S/C15H24FNO2/c1-15(2,3)17-11-12-7-6-8-13(16)14(12)19-10-5-4-9-18/h6-8,17-18H,4-5,9-11H2,1-3H3. The third-order valence-corrected chi connectivity index (χ3v) is 2.66. The maximum absolute atomic E-state index is 13.8. The Bertz CT molecular complexity index is 388. The topological polar surface area (TPSA) is 41.5 Å². The second-order valence-corrected chi connectivity index (χ2v) is 5.61. The van der Waals surface area contributed by atoms with Gasteiger partial charge in [0.1, 0.15) is 0 Å². The van der Waals surface area contributed by atoms with E-state index in [1.54, 1.807) is 6.07 Å². The molecule has 1 rings (SSSR count). The van der Waals surface area contributed by atoms with Gasteiger partial charge in [0, 0.05) is 24.3 Å². The number of halogens is 1. The lowest BCUT2D eigenvalue weighted by Crippen LogP contribution is -2.35. The molecule has 0 unspecified atom stereocenters. The zero-order valence-corrected chi connectivity index (χ0v) is 12.0. The minimum absolute atomic E-state index is 0.0273. The van der Waals surface area contributed by atoms with Crippen LogP contribution in [0.1, 0.15) is 39.2 Å². The lowest BCUT2D eigenvalue weighted by Gasteiger charge is -2.21. The molecule has 0 amide bonds. The van der Waals surface area contributed by atoms with Crippen LogP contribution in [0.25, 0.3) is 0 Å². The van der Waals surface area contributed by atoms with Crippen LogP contribution in [-0.4, -0.2) is 23.9 Å². The molecule has 0 radical (unpaired) electrons. The number of para-hydroxylation sites is 1. The second-order valence-electron chi connectivity index (χ2n) is 5.61. The maximum Gasteiger partial charge on any atom is 0.165 e. The number of unbranched alkanes of at least 4 members (excludes halogenated alkanes) is 1. The zero-order chi connectivity index (χ0) is 14.3. The van der Waals surface area contributed by atoms with E-state index in [0.29, 0.717) is 25.3 Å². The molecule has 0 saturated carbocycles. The van der Waals surface area contributed by atoms with Crippen molar-refractivity contribution >= 4 is 0 Å². The molecule has 3 nitrogen and oxygen atoms in total. The molecule has 19 heavy (non-hydrogen) atoms. The van der Waals surface area contributed by atoms with Gasteiger partial charge >= 0.3 is 0 Å². The van der Waals surface area contributed by atoms with Gasteiger partial charge in [0.25, 0.3) is 0 Å². The van der Waals surface area contributed by atoms with Crippen LogP contribution in [0.3, 0.4) is 0 Å². The third kappa shape index (κ3) is 6.03. The Balaban J connectivity index is 2.66. The summed E-state index contributed by atoms with van der Waals surface area (Å²) in [5, 5.41) is 12.0. The average molecular weight is 269 g/mol. The van der Waals surface area contributed by atoms with Gasteiger partial charge in [0.15, 0.2) is 11.6 Å². The molecule has 0 aliphatic rings. The van der Waals surface area contributed by atoms with E-state index in [4.69, 9.17) is 9.84 Å². The molecule has 0 heterocycles. The van der Waals surface area contributed by atoms with Gasteiger partial charge < -0.3 is 15.2 Å². The van der Waals surface area contributed by atoms with Crippen LogP contribution in [0.2, 0.25) is 0 Å². The fourth-order valence-electron chi connectivity index (χ4n) is 1.60. The highest BCUT2D eigenvalue weighted by Gasteiger charge is 2.13. The number of nitrogens with one attached hydrogen (secondary N) is 1. The van der Waals surface area contributed by atoms with Crippen molar-refractivity contribution in [2.24, 2.45) is 0 Å². The van der Waals surface area contributed by atoms with Crippen molar-refractivity contribution in [3.8, 4) is 5.75 Å². The molecule has 0 aliphatic carbocycles. The first-order chi connectivity index (χ1) is 8.94. The summed E-state index contributed by atoms with van der Waals surface area (Å²) < 4.78 is 19.3. The van der Waals surface area contributed by atoms with E-state index in [-0.39, 0.29) is 18.0 Å². The summed E-state index contributed by atoms with van der Waals surface area (Å²) >= 11 is 0. The molecule has 0 bridgehead atoms. The van der Waals surface area contributed by atoms with Crippen LogP contribution in [0.5, 0.6) is 5.75 Å². The average Bonchev–Trinajstić information content (AvgIpc) is 2.33. The molecule has 0 spiro atoms. The van der Waals surface area contributed by atoms with Gasteiger partial charge in [0.2, 0.25) is 0 Å². The van der Waals surface area contributed by atoms with Crippen molar-refractivity contribution in [3.05, 3.63) is 29.6 Å². The SMILES string of the molecule is CC(C)(C)NCc1cccc(F)c1OCCCCO. The zero-order valence-electron chi connectivity index (χ0n) is 12.0. The first-order valence-electron chi connectivity index (χ1n) is 6.70.